The molecule has 0 bridgehead atoms. The highest BCUT2D eigenvalue weighted by molar-refractivity contribution is 5.85. The molecule has 1 atom stereocenters. The molecule has 1 heterocycles. The molecule has 2 N–H and O–H groups in total. The maximum absolute atomic E-state index is 6.19. The van der Waals surface area contributed by atoms with Gasteiger partial charge in [0, 0.05) is 19.3 Å². The van der Waals surface area contributed by atoms with Crippen LogP contribution in [-0.4, -0.2) is 19.3 Å². The summed E-state index contributed by atoms with van der Waals surface area (Å²) in [6.45, 7) is 1.88. The van der Waals surface area contributed by atoms with Crippen molar-refractivity contribution in [3.05, 3.63) is 0 Å². The smallest absolute Gasteiger partial charge is 0.0471 e. The first-order valence-corrected chi connectivity index (χ1v) is 5.17. The van der Waals surface area contributed by atoms with E-state index in [0.717, 1.165) is 13.2 Å². The molecule has 78 valence electrons. The highest BCUT2D eigenvalue weighted by Gasteiger charge is 2.39. The van der Waals surface area contributed by atoms with Crippen molar-refractivity contribution in [3.8, 4) is 0 Å². The Kier molecular flexibility index (Phi) is 4.02. The Hall–Kier alpha value is 0.210. The van der Waals surface area contributed by atoms with E-state index in [9.17, 15) is 0 Å². The molecule has 1 spiro atoms. The lowest BCUT2D eigenvalue weighted by Gasteiger charge is -2.45. The van der Waals surface area contributed by atoms with Crippen LogP contribution in [-0.2, 0) is 4.74 Å². The van der Waals surface area contributed by atoms with Crippen molar-refractivity contribution in [3.63, 3.8) is 0 Å². The summed E-state index contributed by atoms with van der Waals surface area (Å²) in [4.78, 5) is 0. The zero-order valence-electron chi connectivity index (χ0n) is 8.13. The van der Waals surface area contributed by atoms with E-state index in [1.54, 1.807) is 0 Å². The molecule has 1 aliphatic heterocycles. The normalized spacial score (nSPS) is 32.5. The lowest BCUT2D eigenvalue weighted by molar-refractivity contribution is -0.0159. The van der Waals surface area contributed by atoms with Crippen molar-refractivity contribution < 1.29 is 4.74 Å². The molecule has 3 heteroatoms. The van der Waals surface area contributed by atoms with Crippen molar-refractivity contribution in [2.75, 3.05) is 13.2 Å². The Balaban J connectivity index is 0.000000845. The average molecular weight is 206 g/mol. The molecular weight excluding hydrogens is 186 g/mol. The third kappa shape index (κ3) is 2.17. The molecule has 1 aliphatic carbocycles. The Morgan fingerprint density at radius 1 is 1.08 bits per heavy atom. The monoisotopic (exact) mass is 205 g/mol. The minimum Gasteiger partial charge on any atom is -0.381 e. The van der Waals surface area contributed by atoms with Crippen LogP contribution in [0.15, 0.2) is 0 Å². The van der Waals surface area contributed by atoms with Gasteiger partial charge in [-0.3, -0.25) is 0 Å². The SMILES string of the molecule is Cl.NC1CCCCC12CCOCC2. The third-order valence-corrected chi connectivity index (χ3v) is 3.71. The second-order valence-electron chi connectivity index (χ2n) is 4.33. The number of hydrogen-bond acceptors (Lipinski definition) is 2. The number of ether oxygens (including phenoxy) is 1. The molecule has 2 fully saturated rings. The maximum Gasteiger partial charge on any atom is 0.0471 e. The van der Waals surface area contributed by atoms with E-state index >= 15 is 0 Å². The molecule has 1 unspecified atom stereocenters. The maximum atomic E-state index is 6.19. The van der Waals surface area contributed by atoms with E-state index in [-0.39, 0.29) is 12.4 Å². The largest absolute Gasteiger partial charge is 0.381 e. The third-order valence-electron chi connectivity index (χ3n) is 3.71. The fourth-order valence-corrected chi connectivity index (χ4v) is 2.73. The summed E-state index contributed by atoms with van der Waals surface area (Å²) in [6, 6.07) is 0.454. The fraction of sp³-hybridized carbons (Fsp3) is 1.00. The molecule has 13 heavy (non-hydrogen) atoms. The van der Waals surface area contributed by atoms with Gasteiger partial charge in [-0.1, -0.05) is 12.8 Å². The van der Waals surface area contributed by atoms with Gasteiger partial charge in [0.25, 0.3) is 0 Å². The lowest BCUT2D eigenvalue weighted by atomic mass is 9.66. The molecule has 0 radical (unpaired) electrons. The molecule has 2 rings (SSSR count). The van der Waals surface area contributed by atoms with Gasteiger partial charge in [-0.25, -0.2) is 0 Å². The first-order chi connectivity index (χ1) is 5.83. The second-order valence-corrected chi connectivity index (χ2v) is 4.33. The van der Waals surface area contributed by atoms with Gasteiger partial charge in [0.15, 0.2) is 0 Å². The molecule has 0 aromatic heterocycles. The van der Waals surface area contributed by atoms with Crippen molar-refractivity contribution in [2.45, 2.75) is 44.6 Å². The van der Waals surface area contributed by atoms with Crippen LogP contribution in [0.25, 0.3) is 0 Å². The highest BCUT2D eigenvalue weighted by Crippen LogP contribution is 2.43. The summed E-state index contributed by atoms with van der Waals surface area (Å²) in [7, 11) is 0. The lowest BCUT2D eigenvalue weighted by Crippen LogP contribution is -2.47. The van der Waals surface area contributed by atoms with Crippen LogP contribution in [0.1, 0.15) is 38.5 Å². The van der Waals surface area contributed by atoms with E-state index in [1.807, 2.05) is 0 Å². The van der Waals surface area contributed by atoms with Crippen LogP contribution in [0.3, 0.4) is 0 Å². The Morgan fingerprint density at radius 2 is 1.77 bits per heavy atom. The van der Waals surface area contributed by atoms with Crippen LogP contribution >= 0.6 is 12.4 Å². The molecule has 0 aromatic carbocycles. The fourth-order valence-electron chi connectivity index (χ4n) is 2.73. The topological polar surface area (TPSA) is 35.2 Å². The minimum absolute atomic E-state index is 0. The van der Waals surface area contributed by atoms with Gasteiger partial charge in [-0.2, -0.15) is 0 Å². The minimum atomic E-state index is 0. The summed E-state index contributed by atoms with van der Waals surface area (Å²) in [5, 5.41) is 0. The molecule has 0 aromatic rings. The number of halogens is 1. The van der Waals surface area contributed by atoms with Crippen LogP contribution < -0.4 is 5.73 Å². The first kappa shape index (κ1) is 11.3. The Morgan fingerprint density at radius 3 is 2.38 bits per heavy atom. The van der Waals surface area contributed by atoms with Crippen molar-refractivity contribution in [1.82, 2.24) is 0 Å². The Bertz CT molecular complexity index is 149. The van der Waals surface area contributed by atoms with Crippen LogP contribution in [0.5, 0.6) is 0 Å². The van der Waals surface area contributed by atoms with E-state index < -0.39 is 0 Å². The molecule has 1 saturated carbocycles. The van der Waals surface area contributed by atoms with Crippen molar-refractivity contribution in [1.29, 1.82) is 0 Å². The molecule has 2 nitrogen and oxygen atoms in total. The van der Waals surface area contributed by atoms with Gasteiger partial charge in [-0.05, 0) is 31.1 Å². The van der Waals surface area contributed by atoms with Gasteiger partial charge in [0.2, 0.25) is 0 Å². The number of hydrogen-bond donors (Lipinski definition) is 1. The van der Waals surface area contributed by atoms with E-state index in [4.69, 9.17) is 10.5 Å². The summed E-state index contributed by atoms with van der Waals surface area (Å²) in [6.07, 6.45) is 7.71. The Labute approximate surface area is 86.6 Å². The van der Waals surface area contributed by atoms with Crippen LogP contribution in [0.2, 0.25) is 0 Å². The van der Waals surface area contributed by atoms with E-state index in [2.05, 4.69) is 0 Å². The van der Waals surface area contributed by atoms with Crippen molar-refractivity contribution >= 4 is 12.4 Å². The first-order valence-electron chi connectivity index (χ1n) is 5.17. The summed E-state index contributed by atoms with van der Waals surface area (Å²) < 4.78 is 5.39. The van der Waals surface area contributed by atoms with Gasteiger partial charge >= 0.3 is 0 Å². The summed E-state index contributed by atoms with van der Waals surface area (Å²) >= 11 is 0. The zero-order chi connectivity index (χ0) is 8.44. The number of rotatable bonds is 0. The standard InChI is InChI=1S/C10H19NO.ClH/c11-9-3-1-2-4-10(9)5-7-12-8-6-10;/h9H,1-8,11H2;1H. The summed E-state index contributed by atoms with van der Waals surface area (Å²) in [5.74, 6) is 0. The van der Waals surface area contributed by atoms with Crippen LogP contribution in [0, 0.1) is 5.41 Å². The average Bonchev–Trinajstić information content (AvgIpc) is 2.12. The van der Waals surface area contributed by atoms with Gasteiger partial charge in [0.1, 0.15) is 0 Å². The van der Waals surface area contributed by atoms with Gasteiger partial charge in [-0.15, -0.1) is 12.4 Å². The molecule has 0 amide bonds. The van der Waals surface area contributed by atoms with Gasteiger partial charge in [0.05, 0.1) is 0 Å². The highest BCUT2D eigenvalue weighted by atomic mass is 35.5. The predicted octanol–water partition coefficient (Wildman–Crippen LogP) is 2.11. The quantitative estimate of drug-likeness (QED) is 0.658. The molecule has 1 saturated heterocycles. The molecule has 2 aliphatic rings. The number of nitrogens with two attached hydrogens (primary N) is 1. The zero-order valence-corrected chi connectivity index (χ0v) is 8.94. The van der Waals surface area contributed by atoms with E-state index in [1.165, 1.54) is 38.5 Å². The predicted molar refractivity (Wildman–Crippen MR) is 56.2 cm³/mol. The van der Waals surface area contributed by atoms with Crippen LogP contribution in [0.4, 0.5) is 0 Å². The van der Waals surface area contributed by atoms with Gasteiger partial charge < -0.3 is 10.5 Å². The second kappa shape index (κ2) is 4.63. The summed E-state index contributed by atoms with van der Waals surface area (Å²) in [5.41, 5.74) is 6.66. The molecular formula is C10H20ClNO. The van der Waals surface area contributed by atoms with E-state index in [0.29, 0.717) is 11.5 Å². The van der Waals surface area contributed by atoms with Crippen molar-refractivity contribution in [2.24, 2.45) is 11.1 Å².